The van der Waals surface area contributed by atoms with Crippen LogP contribution in [0.5, 0.6) is 0 Å². The Labute approximate surface area is 240 Å². The number of carboxylic acid groups (broad SMARTS) is 1. The third-order valence-electron chi connectivity index (χ3n) is 6.89. The van der Waals surface area contributed by atoms with E-state index in [0.717, 1.165) is 5.56 Å². The molecule has 41 heavy (non-hydrogen) atoms. The van der Waals surface area contributed by atoms with E-state index in [0.29, 0.717) is 12.8 Å². The van der Waals surface area contributed by atoms with Gasteiger partial charge >= 0.3 is 23.9 Å². The average molecular weight is 583 g/mol. The second kappa shape index (κ2) is 14.7. The minimum atomic E-state index is -1.18. The lowest BCUT2D eigenvalue weighted by Crippen LogP contribution is -2.51. The van der Waals surface area contributed by atoms with Gasteiger partial charge in [0.15, 0.2) is 24.8 Å². The Hall–Kier alpha value is -3.06. The Bertz CT molecular complexity index is 1010. The molecule has 0 spiro atoms. The zero-order valence-corrected chi connectivity index (χ0v) is 24.7. The van der Waals surface area contributed by atoms with E-state index in [2.05, 4.69) is 0 Å². The van der Waals surface area contributed by atoms with E-state index in [9.17, 15) is 19.2 Å². The number of rotatable bonds is 10. The van der Waals surface area contributed by atoms with Crippen molar-refractivity contribution in [3.8, 4) is 0 Å². The fourth-order valence-corrected chi connectivity index (χ4v) is 3.68. The van der Waals surface area contributed by atoms with Gasteiger partial charge in [-0.3, -0.25) is 9.59 Å². The number of ether oxygens (including phenoxy) is 7. The summed E-state index contributed by atoms with van der Waals surface area (Å²) in [6.45, 7) is 10.6. The van der Waals surface area contributed by atoms with Crippen molar-refractivity contribution >= 4 is 23.9 Å². The fourth-order valence-electron chi connectivity index (χ4n) is 3.68. The van der Waals surface area contributed by atoms with E-state index in [4.69, 9.17) is 38.3 Å². The van der Waals surface area contributed by atoms with Gasteiger partial charge in [0.1, 0.15) is 17.4 Å². The summed E-state index contributed by atoms with van der Waals surface area (Å²) in [7, 11) is 0. The maximum absolute atomic E-state index is 12.4. The third-order valence-corrected chi connectivity index (χ3v) is 6.89. The Morgan fingerprint density at radius 3 is 1.51 bits per heavy atom. The van der Waals surface area contributed by atoms with E-state index >= 15 is 0 Å². The van der Waals surface area contributed by atoms with Gasteiger partial charge in [0.25, 0.3) is 0 Å². The minimum absolute atomic E-state index is 0.149. The van der Waals surface area contributed by atoms with Crippen LogP contribution in [0.3, 0.4) is 0 Å². The zero-order chi connectivity index (χ0) is 30.7. The molecule has 1 N–H and O–H groups in total. The van der Waals surface area contributed by atoms with E-state index in [1.807, 2.05) is 44.2 Å². The smallest absolute Gasteiger partial charge is 0.344 e. The molecular formula is C29H42O12. The number of carboxylic acids is 1. The molecule has 0 bridgehead atoms. The van der Waals surface area contributed by atoms with Crippen LogP contribution in [0.25, 0.3) is 0 Å². The van der Waals surface area contributed by atoms with Crippen LogP contribution in [0.1, 0.15) is 59.9 Å². The van der Waals surface area contributed by atoms with Gasteiger partial charge in [-0.1, -0.05) is 44.2 Å². The van der Waals surface area contributed by atoms with E-state index in [1.54, 1.807) is 27.7 Å². The van der Waals surface area contributed by atoms with Crippen LogP contribution >= 0.6 is 0 Å². The van der Waals surface area contributed by atoms with Crippen LogP contribution in [-0.2, 0) is 58.9 Å². The van der Waals surface area contributed by atoms with Crippen LogP contribution in [0, 0.1) is 10.8 Å². The van der Waals surface area contributed by atoms with Crippen molar-refractivity contribution in [3.05, 3.63) is 35.9 Å². The molecule has 230 valence electrons. The maximum atomic E-state index is 12.4. The molecule has 0 amide bonds. The van der Waals surface area contributed by atoms with Gasteiger partial charge in [0.05, 0.1) is 26.4 Å². The highest BCUT2D eigenvalue weighted by atomic mass is 16.7. The summed E-state index contributed by atoms with van der Waals surface area (Å²) in [5, 5.41) is 8.46. The number of hydrogen-bond acceptors (Lipinski definition) is 11. The van der Waals surface area contributed by atoms with Gasteiger partial charge in [-0.05, 0) is 46.1 Å². The van der Waals surface area contributed by atoms with Gasteiger partial charge in [0.2, 0.25) is 0 Å². The summed E-state index contributed by atoms with van der Waals surface area (Å²) >= 11 is 0. The van der Waals surface area contributed by atoms with Gasteiger partial charge < -0.3 is 38.3 Å². The van der Waals surface area contributed by atoms with Crippen molar-refractivity contribution in [2.75, 3.05) is 39.6 Å². The molecule has 0 radical (unpaired) electrons. The second-order valence-corrected chi connectivity index (χ2v) is 10.9. The molecule has 0 saturated carbocycles. The molecule has 0 unspecified atom stereocenters. The van der Waals surface area contributed by atoms with Crippen molar-refractivity contribution < 1.29 is 57.4 Å². The number of hydrogen-bond donors (Lipinski definition) is 1. The fraction of sp³-hybridized carbons (Fsp3) is 0.655. The van der Waals surface area contributed by atoms with E-state index in [-0.39, 0.29) is 33.0 Å². The topological polar surface area (TPSA) is 153 Å². The summed E-state index contributed by atoms with van der Waals surface area (Å²) in [4.78, 5) is 46.3. The standard InChI is InChI=1S/C18H24O6.C11H18O6/c1-4-18(12-23-17(2,3)24-13-18)16(20)22-11-15(19)21-10-14-8-6-5-7-9-14;1-4-11(9(14)15-5-8(12)13)6-16-10(2,3)17-7-11/h5-9H,4,10-13H2,1-3H3;4-7H2,1-3H3,(H,12,13). The summed E-state index contributed by atoms with van der Waals surface area (Å²) in [6, 6.07) is 9.30. The van der Waals surface area contributed by atoms with Crippen LogP contribution in [0.2, 0.25) is 0 Å². The third kappa shape index (κ3) is 10.4. The number of aliphatic carboxylic acids is 1. The molecular weight excluding hydrogens is 540 g/mol. The predicted molar refractivity (Wildman–Crippen MR) is 143 cm³/mol. The molecule has 2 aliphatic rings. The Kier molecular flexibility index (Phi) is 12.3. The van der Waals surface area contributed by atoms with Crippen molar-refractivity contribution in [1.29, 1.82) is 0 Å². The van der Waals surface area contributed by atoms with Gasteiger partial charge in [-0.25, -0.2) is 9.59 Å². The molecule has 0 aromatic heterocycles. The van der Waals surface area contributed by atoms with Crippen LogP contribution < -0.4 is 0 Å². The molecule has 12 heteroatoms. The second-order valence-electron chi connectivity index (χ2n) is 10.9. The van der Waals surface area contributed by atoms with E-state index < -0.39 is 59.5 Å². The number of benzene rings is 1. The molecule has 3 rings (SSSR count). The molecule has 1 aromatic rings. The predicted octanol–water partition coefficient (Wildman–Crippen LogP) is 3.25. The van der Waals surface area contributed by atoms with E-state index in [1.165, 1.54) is 0 Å². The van der Waals surface area contributed by atoms with Gasteiger partial charge in [-0.2, -0.15) is 0 Å². The number of carbonyl (C=O) groups excluding carboxylic acids is 3. The van der Waals surface area contributed by atoms with Crippen LogP contribution in [-0.4, -0.2) is 80.2 Å². The largest absolute Gasteiger partial charge is 0.479 e. The monoisotopic (exact) mass is 582 g/mol. The number of carbonyl (C=O) groups is 4. The summed E-state index contributed by atoms with van der Waals surface area (Å²) in [6.07, 6.45) is 0.975. The molecule has 2 aliphatic heterocycles. The van der Waals surface area contributed by atoms with Crippen molar-refractivity contribution in [3.63, 3.8) is 0 Å². The summed E-state index contributed by atoms with van der Waals surface area (Å²) in [5.74, 6) is -4.28. The Balaban J connectivity index is 0.000000305. The minimum Gasteiger partial charge on any atom is -0.479 e. The van der Waals surface area contributed by atoms with Gasteiger partial charge in [-0.15, -0.1) is 0 Å². The highest BCUT2D eigenvalue weighted by Gasteiger charge is 2.47. The highest BCUT2D eigenvalue weighted by Crippen LogP contribution is 2.34. The SMILES string of the molecule is CCC1(C(=O)OCC(=O)O)COC(C)(C)OC1.CCC1(C(=O)OCC(=O)OCc2ccccc2)COC(C)(C)OC1. The molecule has 12 nitrogen and oxygen atoms in total. The lowest BCUT2D eigenvalue weighted by molar-refractivity contribution is -0.285. The van der Waals surface area contributed by atoms with Crippen LogP contribution in [0.15, 0.2) is 30.3 Å². The Morgan fingerprint density at radius 1 is 0.707 bits per heavy atom. The number of esters is 3. The van der Waals surface area contributed by atoms with Gasteiger partial charge in [0, 0.05) is 0 Å². The normalized spacial score (nSPS) is 20.0. The lowest BCUT2D eigenvalue weighted by atomic mass is 9.86. The molecule has 2 fully saturated rings. The average Bonchev–Trinajstić information content (AvgIpc) is 2.95. The lowest BCUT2D eigenvalue weighted by Gasteiger charge is -2.41. The molecule has 1 aromatic carbocycles. The quantitative estimate of drug-likeness (QED) is 0.318. The van der Waals surface area contributed by atoms with Crippen LogP contribution in [0.4, 0.5) is 0 Å². The first-order valence-corrected chi connectivity index (χ1v) is 13.5. The molecule has 2 saturated heterocycles. The zero-order valence-electron chi connectivity index (χ0n) is 24.7. The molecule has 0 aliphatic carbocycles. The molecule has 2 heterocycles. The van der Waals surface area contributed by atoms with Crippen molar-refractivity contribution in [2.45, 2.75) is 72.6 Å². The Morgan fingerprint density at radius 2 is 1.12 bits per heavy atom. The van der Waals surface area contributed by atoms with Crippen molar-refractivity contribution in [1.82, 2.24) is 0 Å². The summed E-state index contributed by atoms with van der Waals surface area (Å²) in [5.41, 5.74) is -0.904. The first kappa shape index (κ1) is 34.1. The first-order chi connectivity index (χ1) is 19.2. The van der Waals surface area contributed by atoms with Crippen molar-refractivity contribution in [2.24, 2.45) is 10.8 Å². The first-order valence-electron chi connectivity index (χ1n) is 13.5. The maximum Gasteiger partial charge on any atom is 0.344 e. The summed E-state index contributed by atoms with van der Waals surface area (Å²) < 4.78 is 36.9. The highest BCUT2D eigenvalue weighted by molar-refractivity contribution is 5.81. The molecule has 0 atom stereocenters.